The van der Waals surface area contributed by atoms with Crippen LogP contribution >= 0.6 is 0 Å². The predicted molar refractivity (Wildman–Crippen MR) is 93.2 cm³/mol. The summed E-state index contributed by atoms with van der Waals surface area (Å²) in [5, 5.41) is 4.41. The molecule has 0 unspecified atom stereocenters. The first-order chi connectivity index (χ1) is 11.0. The van der Waals surface area contributed by atoms with Gasteiger partial charge < -0.3 is 9.73 Å². The van der Waals surface area contributed by atoms with E-state index in [9.17, 15) is 0 Å². The lowest BCUT2D eigenvalue weighted by Gasteiger charge is -2.22. The van der Waals surface area contributed by atoms with E-state index in [1.54, 1.807) is 6.26 Å². The third kappa shape index (κ3) is 3.35. The lowest BCUT2D eigenvalue weighted by Crippen LogP contribution is -2.27. The van der Waals surface area contributed by atoms with Gasteiger partial charge in [0.25, 0.3) is 0 Å². The van der Waals surface area contributed by atoms with Crippen LogP contribution in [-0.2, 0) is 0 Å². The molecule has 0 aliphatic heterocycles. The smallest absolute Gasteiger partial charge is 0.198 e. The number of rotatable bonds is 2. The van der Waals surface area contributed by atoms with Gasteiger partial charge in [-0.25, -0.2) is 9.97 Å². The van der Waals surface area contributed by atoms with Crippen molar-refractivity contribution in [2.24, 2.45) is 0 Å². The Morgan fingerprint density at radius 1 is 1.13 bits per heavy atom. The number of benzene rings is 1. The summed E-state index contributed by atoms with van der Waals surface area (Å²) in [6.45, 7) is 8.13. The molecule has 116 valence electrons. The fourth-order valence-electron chi connectivity index (χ4n) is 2.32. The molecule has 0 radical (unpaired) electrons. The van der Waals surface area contributed by atoms with Crippen LogP contribution in [0.4, 0.5) is 5.82 Å². The Kier molecular flexibility index (Phi) is 3.79. The van der Waals surface area contributed by atoms with Gasteiger partial charge in [-0.05, 0) is 58.0 Å². The minimum Gasteiger partial charge on any atom is -0.461 e. The Morgan fingerprint density at radius 3 is 2.61 bits per heavy atom. The maximum atomic E-state index is 5.44. The second-order valence-electron chi connectivity index (χ2n) is 6.36. The van der Waals surface area contributed by atoms with Crippen molar-refractivity contribution in [1.82, 2.24) is 9.97 Å². The maximum absolute atomic E-state index is 5.44. The van der Waals surface area contributed by atoms with E-state index in [1.165, 1.54) is 0 Å². The van der Waals surface area contributed by atoms with Crippen molar-refractivity contribution in [2.75, 3.05) is 5.32 Å². The van der Waals surface area contributed by atoms with Crippen LogP contribution in [0.1, 0.15) is 33.3 Å². The van der Waals surface area contributed by atoms with Crippen LogP contribution < -0.4 is 5.32 Å². The summed E-state index contributed by atoms with van der Waals surface area (Å²) in [6.07, 6.45) is 1.62. The van der Waals surface area contributed by atoms with Crippen molar-refractivity contribution in [3.05, 3.63) is 42.2 Å². The Hall–Kier alpha value is -2.80. The van der Waals surface area contributed by atoms with Gasteiger partial charge in [0.15, 0.2) is 11.6 Å². The van der Waals surface area contributed by atoms with E-state index in [4.69, 9.17) is 4.42 Å². The summed E-state index contributed by atoms with van der Waals surface area (Å²) in [7, 11) is 0. The summed E-state index contributed by atoms with van der Waals surface area (Å²) >= 11 is 0. The van der Waals surface area contributed by atoms with E-state index in [0.29, 0.717) is 11.6 Å². The minimum atomic E-state index is -0.117. The van der Waals surface area contributed by atoms with Crippen molar-refractivity contribution >= 4 is 16.7 Å². The lowest BCUT2D eigenvalue weighted by molar-refractivity contribution is 0.577. The number of hydrogen-bond donors (Lipinski definition) is 1. The van der Waals surface area contributed by atoms with Crippen LogP contribution in [0.2, 0.25) is 0 Å². The Labute approximate surface area is 136 Å². The molecule has 0 spiro atoms. The molecule has 0 saturated carbocycles. The molecule has 23 heavy (non-hydrogen) atoms. The van der Waals surface area contributed by atoms with Gasteiger partial charge in [0.2, 0.25) is 0 Å². The molecule has 0 atom stereocenters. The summed E-state index contributed by atoms with van der Waals surface area (Å²) < 4.78 is 5.44. The van der Waals surface area contributed by atoms with Gasteiger partial charge in [0, 0.05) is 16.5 Å². The van der Waals surface area contributed by atoms with Gasteiger partial charge in [-0.15, -0.1) is 5.92 Å². The second-order valence-corrected chi connectivity index (χ2v) is 6.36. The zero-order chi connectivity index (χ0) is 16.4. The quantitative estimate of drug-likeness (QED) is 0.710. The third-order valence-electron chi connectivity index (χ3n) is 3.20. The summed E-state index contributed by atoms with van der Waals surface area (Å²) in [5.41, 5.74) is 1.69. The van der Waals surface area contributed by atoms with E-state index < -0.39 is 0 Å². The van der Waals surface area contributed by atoms with Gasteiger partial charge in [0.1, 0.15) is 5.82 Å². The molecule has 0 saturated heterocycles. The molecular weight excluding hydrogens is 286 g/mol. The highest BCUT2D eigenvalue weighted by atomic mass is 16.3. The van der Waals surface area contributed by atoms with Crippen molar-refractivity contribution in [3.8, 4) is 23.4 Å². The van der Waals surface area contributed by atoms with Gasteiger partial charge >= 0.3 is 0 Å². The molecule has 1 aromatic carbocycles. The first kappa shape index (κ1) is 15.1. The molecule has 0 aliphatic carbocycles. The summed E-state index contributed by atoms with van der Waals surface area (Å²) in [4.78, 5) is 9.28. The number of nitrogens with zero attached hydrogens (tertiary/aromatic N) is 2. The van der Waals surface area contributed by atoms with E-state index in [0.717, 1.165) is 22.3 Å². The molecule has 2 aromatic heterocycles. The highest BCUT2D eigenvalue weighted by molar-refractivity contribution is 5.91. The third-order valence-corrected chi connectivity index (χ3v) is 3.20. The number of furan rings is 1. The normalized spacial score (nSPS) is 11.1. The minimum absolute atomic E-state index is 0.117. The highest BCUT2D eigenvalue weighted by Crippen LogP contribution is 2.27. The Morgan fingerprint density at radius 2 is 1.96 bits per heavy atom. The van der Waals surface area contributed by atoms with Crippen molar-refractivity contribution in [3.63, 3.8) is 0 Å². The molecule has 0 amide bonds. The summed E-state index contributed by atoms with van der Waals surface area (Å²) in [6, 6.07) is 9.65. The van der Waals surface area contributed by atoms with E-state index in [1.807, 2.05) is 37.3 Å². The zero-order valence-corrected chi connectivity index (χ0v) is 13.8. The number of hydrogen-bond acceptors (Lipinski definition) is 4. The molecule has 3 rings (SSSR count). The first-order valence-electron chi connectivity index (χ1n) is 7.53. The summed E-state index contributed by atoms with van der Waals surface area (Å²) in [5.74, 6) is 8.02. The molecule has 2 heterocycles. The van der Waals surface area contributed by atoms with Gasteiger partial charge in [-0.3, -0.25) is 0 Å². The molecule has 0 aliphatic rings. The molecule has 0 fully saturated rings. The van der Waals surface area contributed by atoms with Gasteiger partial charge in [-0.1, -0.05) is 5.92 Å². The van der Waals surface area contributed by atoms with Crippen LogP contribution in [0.25, 0.3) is 22.5 Å². The molecule has 4 nitrogen and oxygen atoms in total. The number of fused-ring (bicyclic) bond motifs is 1. The topological polar surface area (TPSA) is 51.0 Å². The molecule has 1 N–H and O–H groups in total. The Bertz CT molecular complexity index is 894. The van der Waals surface area contributed by atoms with Crippen molar-refractivity contribution in [2.45, 2.75) is 33.2 Å². The monoisotopic (exact) mass is 305 g/mol. The molecule has 0 bridgehead atoms. The van der Waals surface area contributed by atoms with Crippen LogP contribution in [0.3, 0.4) is 0 Å². The molecule has 4 heteroatoms. The average molecular weight is 305 g/mol. The first-order valence-corrected chi connectivity index (χ1v) is 7.53. The molecule has 3 aromatic rings. The van der Waals surface area contributed by atoms with E-state index >= 15 is 0 Å². The van der Waals surface area contributed by atoms with Crippen LogP contribution in [0.5, 0.6) is 0 Å². The number of aromatic nitrogens is 2. The van der Waals surface area contributed by atoms with Gasteiger partial charge in [0.05, 0.1) is 11.8 Å². The molecular formula is C19H19N3O. The fourth-order valence-corrected chi connectivity index (χ4v) is 2.32. The maximum Gasteiger partial charge on any atom is 0.198 e. The standard InChI is InChI=1S/C19H19N3O/c1-5-7-13-9-10-15-14(12-13)17(22-19(2,3)4)21-18(20-15)16-8-6-11-23-16/h6,8-12H,1-4H3,(H,20,21,22). The Balaban J connectivity index is 2.23. The zero-order valence-electron chi connectivity index (χ0n) is 13.8. The van der Waals surface area contributed by atoms with Crippen LogP contribution in [0.15, 0.2) is 41.0 Å². The number of anilines is 1. The van der Waals surface area contributed by atoms with Gasteiger partial charge in [-0.2, -0.15) is 0 Å². The predicted octanol–water partition coefficient (Wildman–Crippen LogP) is 4.47. The van der Waals surface area contributed by atoms with Crippen molar-refractivity contribution in [1.29, 1.82) is 0 Å². The average Bonchev–Trinajstić information content (AvgIpc) is 3.00. The van der Waals surface area contributed by atoms with Crippen LogP contribution in [0, 0.1) is 11.8 Å². The van der Waals surface area contributed by atoms with E-state index in [2.05, 4.69) is 47.9 Å². The second kappa shape index (κ2) is 5.77. The highest BCUT2D eigenvalue weighted by Gasteiger charge is 2.16. The number of nitrogens with one attached hydrogen (secondary N) is 1. The van der Waals surface area contributed by atoms with Crippen molar-refractivity contribution < 1.29 is 4.42 Å². The lowest BCUT2D eigenvalue weighted by atomic mass is 10.1. The van der Waals surface area contributed by atoms with E-state index in [-0.39, 0.29) is 5.54 Å². The fraction of sp³-hybridized carbons (Fsp3) is 0.263. The SMILES string of the molecule is CC#Cc1ccc2nc(-c3ccco3)nc(NC(C)(C)C)c2c1. The largest absolute Gasteiger partial charge is 0.461 e. The van der Waals surface area contributed by atoms with Crippen LogP contribution in [-0.4, -0.2) is 15.5 Å².